The van der Waals surface area contributed by atoms with Crippen LogP contribution in [-0.4, -0.2) is 93.6 Å². The maximum atomic E-state index is 13.4. The van der Waals surface area contributed by atoms with Gasteiger partial charge in [-0.3, -0.25) is 19.2 Å². The highest BCUT2D eigenvalue weighted by Crippen LogP contribution is 2.23. The van der Waals surface area contributed by atoms with Crippen molar-refractivity contribution in [3.8, 4) is 0 Å². The minimum absolute atomic E-state index is 0.118. The molecule has 2 rings (SSSR count). The number of primary amides is 1. The molecule has 0 aromatic heterocycles. The molecule has 0 bridgehead atoms. The Hall–Kier alpha value is -4.16. The zero-order valence-corrected chi connectivity index (χ0v) is 21.9. The summed E-state index contributed by atoms with van der Waals surface area (Å²) in [4.78, 5) is 53.9. The van der Waals surface area contributed by atoms with Crippen LogP contribution in [0.15, 0.2) is 64.8 Å². The number of methoxy groups -OCH3 is 2. The molecule has 4 amide bonds. The van der Waals surface area contributed by atoms with Gasteiger partial charge in [0, 0.05) is 39.9 Å². The number of rotatable bonds is 15. The Labute approximate surface area is 222 Å². The lowest BCUT2D eigenvalue weighted by Gasteiger charge is -2.29. The summed E-state index contributed by atoms with van der Waals surface area (Å²) in [5.41, 5.74) is 6.94. The second-order valence-electron chi connectivity index (χ2n) is 8.24. The van der Waals surface area contributed by atoms with Crippen molar-refractivity contribution in [2.24, 2.45) is 16.0 Å². The van der Waals surface area contributed by atoms with Gasteiger partial charge in [-0.05, 0) is 36.4 Å². The van der Waals surface area contributed by atoms with Crippen molar-refractivity contribution in [2.75, 3.05) is 65.1 Å². The smallest absolute Gasteiger partial charge is 0.247 e. The Kier molecular flexibility index (Phi) is 12.5. The van der Waals surface area contributed by atoms with Crippen molar-refractivity contribution < 1.29 is 28.7 Å². The van der Waals surface area contributed by atoms with Crippen LogP contribution >= 0.6 is 0 Å². The van der Waals surface area contributed by atoms with E-state index in [1.807, 2.05) is 30.3 Å². The predicted octanol–water partition coefficient (Wildman–Crippen LogP) is 1.89. The highest BCUT2D eigenvalue weighted by molar-refractivity contribution is 6.01. The first-order valence-electron chi connectivity index (χ1n) is 11.9. The van der Waals surface area contributed by atoms with Crippen molar-refractivity contribution in [1.82, 2.24) is 9.80 Å². The molecule has 12 nitrogen and oxygen atoms in total. The number of carbonyl (C=O) groups excluding carboxylic acids is 4. The summed E-state index contributed by atoms with van der Waals surface area (Å²) in [5.74, 6) is -2.00. The second-order valence-corrected chi connectivity index (χ2v) is 8.24. The number of nitrogens with two attached hydrogens (primary N) is 1. The highest BCUT2D eigenvalue weighted by atomic mass is 16.5. The Morgan fingerprint density at radius 3 is 1.82 bits per heavy atom. The normalized spacial score (nSPS) is 10.8. The number of hydrogen-bond donors (Lipinski definition) is 1. The molecule has 0 unspecified atom stereocenters. The van der Waals surface area contributed by atoms with Crippen molar-refractivity contribution in [3.63, 3.8) is 0 Å². The van der Waals surface area contributed by atoms with Crippen LogP contribution in [0.1, 0.15) is 6.92 Å². The van der Waals surface area contributed by atoms with Crippen LogP contribution in [0.3, 0.4) is 0 Å². The van der Waals surface area contributed by atoms with Gasteiger partial charge < -0.3 is 29.9 Å². The molecule has 0 atom stereocenters. The minimum Gasteiger partial charge on any atom is -0.383 e. The molecule has 0 fully saturated rings. The third-order valence-electron chi connectivity index (χ3n) is 5.39. The molecule has 204 valence electrons. The molecule has 2 aromatic rings. The number of azo groups is 1. The molecule has 0 saturated carbocycles. The first-order valence-corrected chi connectivity index (χ1v) is 11.9. The van der Waals surface area contributed by atoms with Gasteiger partial charge in [-0.1, -0.05) is 18.2 Å². The van der Waals surface area contributed by atoms with Gasteiger partial charge in [0.1, 0.15) is 13.1 Å². The Bertz CT molecular complexity index is 1090. The number of nitrogens with zero attached hydrogens (tertiary/aromatic N) is 5. The molecule has 0 aliphatic carbocycles. The fraction of sp³-hybridized carbons (Fsp3) is 0.385. The van der Waals surface area contributed by atoms with E-state index in [-0.39, 0.29) is 51.8 Å². The molecular weight excluding hydrogens is 492 g/mol. The number of ether oxygens (including phenoxy) is 2. The SMILES string of the molecule is COCCN(CC(=O)N(CC(=O)N(CCOC)CC(N)=O)c1ccc(N=Nc2ccccc2)cc1)C(C)=O. The van der Waals surface area contributed by atoms with E-state index in [0.717, 1.165) is 0 Å². The van der Waals surface area contributed by atoms with Gasteiger partial charge in [0.25, 0.3) is 0 Å². The van der Waals surface area contributed by atoms with E-state index in [1.54, 1.807) is 24.3 Å². The standard InChI is InChI=1S/C26H34N6O6/c1-20(33)30(13-15-37-2)18-26(36)32(19-25(35)31(14-16-38-3)17-24(27)34)23-11-9-22(10-12-23)29-28-21-7-5-4-6-8-21/h4-12H,13-19H2,1-3H3,(H2,27,34). The van der Waals surface area contributed by atoms with E-state index >= 15 is 0 Å². The summed E-state index contributed by atoms with van der Waals surface area (Å²) in [6.45, 7) is 1.14. The van der Waals surface area contributed by atoms with Crippen molar-refractivity contribution >= 4 is 40.7 Å². The molecule has 0 radical (unpaired) electrons. The van der Waals surface area contributed by atoms with Gasteiger partial charge in [0.2, 0.25) is 23.6 Å². The molecule has 12 heteroatoms. The second kappa shape index (κ2) is 15.8. The first kappa shape index (κ1) is 30.1. The van der Waals surface area contributed by atoms with Crippen molar-refractivity contribution in [2.45, 2.75) is 6.92 Å². The lowest BCUT2D eigenvalue weighted by Crippen LogP contribution is -2.49. The summed E-state index contributed by atoms with van der Waals surface area (Å²) in [6.07, 6.45) is 0. The zero-order valence-electron chi connectivity index (χ0n) is 21.9. The molecule has 2 aromatic carbocycles. The molecule has 0 heterocycles. The van der Waals surface area contributed by atoms with Crippen LogP contribution < -0.4 is 10.6 Å². The molecule has 2 N–H and O–H groups in total. The van der Waals surface area contributed by atoms with Crippen LogP contribution in [0.4, 0.5) is 17.1 Å². The summed E-state index contributed by atoms with van der Waals surface area (Å²) in [5, 5.41) is 8.37. The monoisotopic (exact) mass is 526 g/mol. The van der Waals surface area contributed by atoms with E-state index in [9.17, 15) is 19.2 Å². The topological polar surface area (TPSA) is 147 Å². The van der Waals surface area contributed by atoms with Crippen LogP contribution in [-0.2, 0) is 28.7 Å². The molecule has 38 heavy (non-hydrogen) atoms. The maximum Gasteiger partial charge on any atom is 0.247 e. The molecule has 0 aliphatic heterocycles. The fourth-order valence-electron chi connectivity index (χ4n) is 3.35. The summed E-state index contributed by atoms with van der Waals surface area (Å²) < 4.78 is 10.1. The number of hydrogen-bond acceptors (Lipinski definition) is 8. The Morgan fingerprint density at radius 2 is 1.29 bits per heavy atom. The predicted molar refractivity (Wildman–Crippen MR) is 141 cm³/mol. The minimum atomic E-state index is -0.692. The first-order chi connectivity index (χ1) is 18.2. The lowest BCUT2D eigenvalue weighted by molar-refractivity contribution is -0.136. The van der Waals surface area contributed by atoms with Crippen LogP contribution in [0.5, 0.6) is 0 Å². The number of benzene rings is 2. The Morgan fingerprint density at radius 1 is 0.737 bits per heavy atom. The summed E-state index contributed by atoms with van der Waals surface area (Å²) in [6, 6.07) is 15.8. The Balaban J connectivity index is 2.30. The third kappa shape index (κ3) is 10.1. The zero-order chi connectivity index (χ0) is 27.9. The van der Waals surface area contributed by atoms with Gasteiger partial charge >= 0.3 is 0 Å². The van der Waals surface area contributed by atoms with Gasteiger partial charge in [0.15, 0.2) is 0 Å². The number of amides is 4. The summed E-state index contributed by atoms with van der Waals surface area (Å²) >= 11 is 0. The molecular formula is C26H34N6O6. The van der Waals surface area contributed by atoms with E-state index in [0.29, 0.717) is 17.1 Å². The third-order valence-corrected chi connectivity index (χ3v) is 5.39. The number of anilines is 1. The quantitative estimate of drug-likeness (QED) is 0.351. The molecule has 0 aliphatic rings. The maximum absolute atomic E-state index is 13.4. The van der Waals surface area contributed by atoms with Crippen LogP contribution in [0.2, 0.25) is 0 Å². The van der Waals surface area contributed by atoms with Gasteiger partial charge in [-0.15, -0.1) is 0 Å². The van der Waals surface area contributed by atoms with Gasteiger partial charge in [-0.25, -0.2) is 0 Å². The van der Waals surface area contributed by atoms with E-state index in [1.165, 1.54) is 35.8 Å². The van der Waals surface area contributed by atoms with Crippen LogP contribution in [0, 0.1) is 0 Å². The van der Waals surface area contributed by atoms with Crippen molar-refractivity contribution in [1.29, 1.82) is 0 Å². The van der Waals surface area contributed by atoms with Crippen LogP contribution in [0.25, 0.3) is 0 Å². The summed E-state index contributed by atoms with van der Waals surface area (Å²) in [7, 11) is 2.96. The fourth-order valence-corrected chi connectivity index (χ4v) is 3.35. The molecule has 0 spiro atoms. The average Bonchev–Trinajstić information content (AvgIpc) is 2.91. The van der Waals surface area contributed by atoms with E-state index < -0.39 is 17.7 Å². The van der Waals surface area contributed by atoms with Gasteiger partial charge in [0.05, 0.1) is 31.1 Å². The molecule has 0 saturated heterocycles. The number of carbonyl (C=O) groups is 4. The average molecular weight is 527 g/mol. The lowest BCUT2D eigenvalue weighted by atomic mass is 10.2. The van der Waals surface area contributed by atoms with Crippen molar-refractivity contribution in [3.05, 3.63) is 54.6 Å². The largest absolute Gasteiger partial charge is 0.383 e. The van der Waals surface area contributed by atoms with Gasteiger partial charge in [-0.2, -0.15) is 10.2 Å². The van der Waals surface area contributed by atoms with E-state index in [2.05, 4.69) is 10.2 Å². The van der Waals surface area contributed by atoms with E-state index in [4.69, 9.17) is 15.2 Å². The highest BCUT2D eigenvalue weighted by Gasteiger charge is 2.26.